The minimum Gasteiger partial charge on any atom is -0.393 e. The van der Waals surface area contributed by atoms with Gasteiger partial charge < -0.3 is 5.11 Å². The van der Waals surface area contributed by atoms with Gasteiger partial charge in [-0.05, 0) is 24.3 Å². The van der Waals surface area contributed by atoms with Crippen molar-refractivity contribution in [2.45, 2.75) is 20.3 Å². The zero-order valence-corrected chi connectivity index (χ0v) is 16.4. The van der Waals surface area contributed by atoms with Gasteiger partial charge in [-0.1, -0.05) is 59.6 Å². The molecule has 0 amide bonds. The lowest BCUT2D eigenvalue weighted by Gasteiger charge is -2.29. The molecule has 0 aromatic heterocycles. The first-order valence-corrected chi connectivity index (χ1v) is 10.9. The van der Waals surface area contributed by atoms with E-state index in [-0.39, 0.29) is 9.79 Å². The van der Waals surface area contributed by atoms with Gasteiger partial charge >= 0.3 is 0 Å². The topological polar surface area (TPSA) is 113 Å². The number of hydrogen-bond acceptors (Lipinski definition) is 5. The Bertz CT molecular complexity index is 865. The number of halogens is 2. The van der Waals surface area contributed by atoms with Crippen LogP contribution in [0.25, 0.3) is 0 Å². The van der Waals surface area contributed by atoms with Gasteiger partial charge in [0.1, 0.15) is 6.17 Å². The van der Waals surface area contributed by atoms with Crippen LogP contribution >= 0.6 is 23.2 Å². The minimum atomic E-state index is -4.16. The third-order valence-corrected chi connectivity index (χ3v) is 6.84. The summed E-state index contributed by atoms with van der Waals surface area (Å²) in [6.45, 7) is -0.907. The van der Waals surface area contributed by atoms with E-state index in [0.29, 0.717) is 0 Å². The Morgan fingerprint density at radius 2 is 1.15 bits per heavy atom. The number of rotatable bonds is 8. The van der Waals surface area contributed by atoms with Gasteiger partial charge in [-0.15, -0.1) is 0 Å². The Balaban J connectivity index is 2.37. The lowest BCUT2D eigenvalue weighted by atomic mass is 10.4. The number of aliphatic hydroxyl groups excluding tert-OH is 1. The molecule has 0 saturated heterocycles. The highest BCUT2D eigenvalue weighted by Gasteiger charge is 2.40. The van der Waals surface area contributed by atoms with Crippen molar-refractivity contribution in [3.05, 3.63) is 60.7 Å². The summed E-state index contributed by atoms with van der Waals surface area (Å²) in [6.07, 6.45) is -1.73. The maximum atomic E-state index is 12.5. The highest BCUT2D eigenvalue weighted by Crippen LogP contribution is 2.26. The maximum Gasteiger partial charge on any atom is 0.242 e. The van der Waals surface area contributed by atoms with Crippen molar-refractivity contribution in [3.8, 4) is 0 Å². The molecule has 2 aromatic rings. The molecule has 0 saturated carbocycles. The van der Waals surface area contributed by atoms with Crippen molar-refractivity contribution in [2.75, 3.05) is 6.61 Å². The molecule has 0 aliphatic rings. The van der Waals surface area contributed by atoms with E-state index in [1.807, 2.05) is 0 Å². The molecule has 0 aliphatic carbocycles. The highest BCUT2D eigenvalue weighted by atomic mass is 35.5. The van der Waals surface area contributed by atoms with Gasteiger partial charge in [0.05, 0.1) is 16.4 Å². The molecule has 0 radical (unpaired) electrons. The van der Waals surface area contributed by atoms with Gasteiger partial charge in [0.25, 0.3) is 0 Å². The molecule has 7 nitrogen and oxygen atoms in total. The monoisotopic (exact) mass is 438 g/mol. The Hall–Kier alpha value is -1.20. The normalized spacial score (nSPS) is 13.1. The molecule has 0 unspecified atom stereocenters. The van der Waals surface area contributed by atoms with Gasteiger partial charge in [0, 0.05) is 0 Å². The van der Waals surface area contributed by atoms with Crippen LogP contribution in [0.1, 0.15) is 0 Å². The summed E-state index contributed by atoms with van der Waals surface area (Å²) in [5.74, 6) is 0. The lowest BCUT2D eigenvalue weighted by molar-refractivity contribution is 0.256. The fourth-order valence-electron chi connectivity index (χ4n) is 1.93. The fraction of sp³-hybridized carbons (Fsp3) is 0.200. The van der Waals surface area contributed by atoms with Crippen LogP contribution in [0.4, 0.5) is 0 Å². The average molecular weight is 439 g/mol. The minimum absolute atomic E-state index is 0.119. The van der Waals surface area contributed by atoms with Crippen LogP contribution < -0.4 is 9.44 Å². The van der Waals surface area contributed by atoms with E-state index in [9.17, 15) is 21.9 Å². The molecular weight excluding hydrogens is 423 g/mol. The predicted molar refractivity (Wildman–Crippen MR) is 98.8 cm³/mol. The smallest absolute Gasteiger partial charge is 0.242 e. The quantitative estimate of drug-likeness (QED) is 0.426. The first-order chi connectivity index (χ1) is 12.1. The fourth-order valence-corrected chi connectivity index (χ4v) is 4.93. The summed E-state index contributed by atoms with van der Waals surface area (Å²) in [4.78, 5) is -0.239. The van der Waals surface area contributed by atoms with Crippen molar-refractivity contribution >= 4 is 43.2 Å². The molecule has 3 N–H and O–H groups in total. The summed E-state index contributed by atoms with van der Waals surface area (Å²) in [6, 6.07) is 14.5. The van der Waals surface area contributed by atoms with Crippen molar-refractivity contribution in [1.82, 2.24) is 9.44 Å². The van der Waals surface area contributed by atoms with Gasteiger partial charge in [-0.25, -0.2) is 16.8 Å². The van der Waals surface area contributed by atoms with Crippen LogP contribution in [-0.4, -0.2) is 39.0 Å². The van der Waals surface area contributed by atoms with Crippen LogP contribution in [0.2, 0.25) is 0 Å². The number of hydrogen-bond donors (Lipinski definition) is 3. The second-order valence-electron chi connectivity index (χ2n) is 5.22. The van der Waals surface area contributed by atoms with Gasteiger partial charge in [-0.3, -0.25) is 0 Å². The van der Waals surface area contributed by atoms with Crippen molar-refractivity contribution < 1.29 is 21.9 Å². The number of nitrogens with one attached hydrogen (secondary N) is 2. The molecule has 2 rings (SSSR count). The van der Waals surface area contributed by atoms with Crippen LogP contribution in [0.15, 0.2) is 70.5 Å². The summed E-state index contributed by atoms with van der Waals surface area (Å²) in [5, 5.41) is 9.37. The van der Waals surface area contributed by atoms with Crippen molar-refractivity contribution in [3.63, 3.8) is 0 Å². The summed E-state index contributed by atoms with van der Waals surface area (Å²) < 4.78 is 52.0. The second kappa shape index (κ2) is 8.22. The second-order valence-corrected chi connectivity index (χ2v) is 10.2. The van der Waals surface area contributed by atoms with Crippen LogP contribution in [0.5, 0.6) is 0 Å². The van der Waals surface area contributed by atoms with Crippen LogP contribution in [0.3, 0.4) is 0 Å². The first kappa shape index (κ1) is 21.1. The zero-order valence-electron chi connectivity index (χ0n) is 13.2. The predicted octanol–water partition coefficient (Wildman–Crippen LogP) is 1.44. The zero-order chi connectivity index (χ0) is 19.4. The van der Waals surface area contributed by atoms with E-state index in [4.69, 9.17) is 23.2 Å². The molecule has 2 aromatic carbocycles. The molecule has 0 fully saturated rings. The Morgan fingerprint density at radius 3 is 1.46 bits per heavy atom. The van der Waals surface area contributed by atoms with E-state index in [1.165, 1.54) is 48.5 Å². The van der Waals surface area contributed by atoms with E-state index in [0.717, 1.165) is 0 Å². The molecule has 142 valence electrons. The molecule has 0 heterocycles. The molecule has 0 atom stereocenters. The van der Waals surface area contributed by atoms with Crippen LogP contribution in [-0.2, 0) is 20.0 Å². The highest BCUT2D eigenvalue weighted by molar-refractivity contribution is 7.90. The SMILES string of the molecule is O=S(=O)(NC(NS(=O)(=O)c1ccccc1)C(Cl)(Cl)CO)c1ccccc1. The Morgan fingerprint density at radius 1 is 0.808 bits per heavy atom. The molecular formula is C15H16Cl2N2O5S2. The lowest BCUT2D eigenvalue weighted by Crippen LogP contribution is -2.58. The van der Waals surface area contributed by atoms with E-state index >= 15 is 0 Å². The standard InChI is InChI=1S/C15H16Cl2N2O5S2/c16-15(17,11-20)14(18-25(21,22)12-7-3-1-4-8-12)19-26(23,24)13-9-5-2-6-10-13/h1-10,14,18-20H,11H2. The third-order valence-electron chi connectivity index (χ3n) is 3.29. The van der Waals surface area contributed by atoms with Gasteiger partial charge in [-0.2, -0.15) is 9.44 Å². The number of sulfonamides is 2. The molecule has 0 spiro atoms. The molecule has 26 heavy (non-hydrogen) atoms. The molecule has 0 bridgehead atoms. The maximum absolute atomic E-state index is 12.5. The van der Waals surface area contributed by atoms with E-state index in [2.05, 4.69) is 9.44 Å². The van der Waals surface area contributed by atoms with Gasteiger partial charge in [0.2, 0.25) is 20.0 Å². The summed E-state index contributed by atoms with van der Waals surface area (Å²) >= 11 is 11.9. The number of benzene rings is 2. The third kappa shape index (κ3) is 5.17. The first-order valence-electron chi connectivity index (χ1n) is 7.22. The average Bonchev–Trinajstić information content (AvgIpc) is 2.62. The van der Waals surface area contributed by atoms with Crippen molar-refractivity contribution in [2.24, 2.45) is 0 Å². The Kier molecular flexibility index (Phi) is 6.67. The number of alkyl halides is 2. The van der Waals surface area contributed by atoms with Crippen molar-refractivity contribution in [1.29, 1.82) is 0 Å². The Labute approximate surface area is 162 Å². The summed E-state index contributed by atoms with van der Waals surface area (Å²) in [5.41, 5.74) is 0. The number of aliphatic hydroxyl groups is 1. The molecule has 0 aliphatic heterocycles. The summed E-state index contributed by atoms with van der Waals surface area (Å²) in [7, 11) is -8.33. The van der Waals surface area contributed by atoms with Crippen LogP contribution in [0, 0.1) is 0 Å². The largest absolute Gasteiger partial charge is 0.393 e. The van der Waals surface area contributed by atoms with E-state index < -0.39 is 37.2 Å². The van der Waals surface area contributed by atoms with Gasteiger partial charge in [0.15, 0.2) is 4.33 Å². The van der Waals surface area contributed by atoms with E-state index in [1.54, 1.807) is 12.1 Å². The molecule has 11 heteroatoms.